The van der Waals surface area contributed by atoms with Crippen LogP contribution in [0.4, 0.5) is 0 Å². The minimum absolute atomic E-state index is 0.0595. The lowest BCUT2D eigenvalue weighted by molar-refractivity contribution is 0.0948. The molecule has 8 heteroatoms. The Morgan fingerprint density at radius 1 is 1.24 bits per heavy atom. The van der Waals surface area contributed by atoms with Crippen molar-refractivity contribution in [3.63, 3.8) is 0 Å². The number of hydrogen-bond acceptors (Lipinski definition) is 6. The number of aromatic nitrogens is 2. The van der Waals surface area contributed by atoms with Crippen LogP contribution in [0.25, 0.3) is 21.2 Å². The Labute approximate surface area is 144 Å². The molecular formula is C17H11N3O4S. The molecule has 2 N–H and O–H groups in total. The zero-order chi connectivity index (χ0) is 17.4. The number of para-hydroxylation sites is 1. The summed E-state index contributed by atoms with van der Waals surface area (Å²) in [6.45, 7) is 0.186. The first-order chi connectivity index (χ1) is 12.1. The van der Waals surface area contributed by atoms with Crippen LogP contribution in [-0.4, -0.2) is 15.9 Å². The summed E-state index contributed by atoms with van der Waals surface area (Å²) in [6, 6.07) is 10.2. The lowest BCUT2D eigenvalue weighted by Gasteiger charge is -2.03. The fraction of sp³-hybridized carbons (Fsp3) is 0.0588. The maximum atomic E-state index is 12.3. The smallest absolute Gasteiger partial charge is 0.349 e. The van der Waals surface area contributed by atoms with E-state index in [4.69, 9.17) is 4.42 Å². The zero-order valence-corrected chi connectivity index (χ0v) is 13.6. The minimum atomic E-state index is -0.689. The third-order valence-electron chi connectivity index (χ3n) is 3.69. The van der Waals surface area contributed by atoms with Crippen LogP contribution in [-0.2, 0) is 6.54 Å². The molecule has 124 valence electrons. The molecule has 0 unspecified atom stereocenters. The Morgan fingerprint density at radius 3 is 2.92 bits per heavy atom. The van der Waals surface area contributed by atoms with E-state index in [1.54, 1.807) is 30.3 Å². The van der Waals surface area contributed by atoms with Gasteiger partial charge in [0.2, 0.25) is 0 Å². The Balaban J connectivity index is 1.59. The number of nitrogens with one attached hydrogen (secondary N) is 2. The Hall–Kier alpha value is -3.26. The third-order valence-corrected chi connectivity index (χ3v) is 4.74. The molecule has 0 aliphatic rings. The molecule has 7 nitrogen and oxygen atoms in total. The molecule has 0 fully saturated rings. The number of benzene rings is 1. The van der Waals surface area contributed by atoms with Crippen molar-refractivity contribution in [2.24, 2.45) is 0 Å². The largest absolute Gasteiger partial charge is 0.422 e. The van der Waals surface area contributed by atoms with Crippen molar-refractivity contribution < 1.29 is 9.21 Å². The van der Waals surface area contributed by atoms with Crippen molar-refractivity contribution >= 4 is 38.4 Å². The molecule has 1 aromatic carbocycles. The van der Waals surface area contributed by atoms with E-state index < -0.39 is 11.5 Å². The van der Waals surface area contributed by atoms with Crippen molar-refractivity contribution in [2.75, 3.05) is 0 Å². The maximum Gasteiger partial charge on any atom is 0.349 e. The number of rotatable bonds is 3. The third kappa shape index (κ3) is 2.83. The van der Waals surface area contributed by atoms with E-state index in [0.717, 1.165) is 4.88 Å². The van der Waals surface area contributed by atoms with E-state index in [9.17, 15) is 14.4 Å². The van der Waals surface area contributed by atoms with Gasteiger partial charge in [-0.15, -0.1) is 11.3 Å². The number of fused-ring (bicyclic) bond motifs is 2. The standard InChI is InChI=1S/C17H11N3O4S/c21-14-11-6-10(25-16(11)20-8-19-14)7-18-15(22)12-5-9-3-1-2-4-13(9)24-17(12)23/h1-6,8H,7H2,(H,18,22)(H,19,20,21). The topological polar surface area (TPSA) is 105 Å². The van der Waals surface area contributed by atoms with Crippen LogP contribution in [0.1, 0.15) is 15.2 Å². The van der Waals surface area contributed by atoms with E-state index in [1.807, 2.05) is 0 Å². The monoisotopic (exact) mass is 353 g/mol. The van der Waals surface area contributed by atoms with Gasteiger partial charge in [-0.1, -0.05) is 18.2 Å². The van der Waals surface area contributed by atoms with Gasteiger partial charge >= 0.3 is 5.63 Å². The first-order valence-electron chi connectivity index (χ1n) is 7.39. The van der Waals surface area contributed by atoms with Gasteiger partial charge in [0.1, 0.15) is 16.0 Å². The van der Waals surface area contributed by atoms with Crippen LogP contribution < -0.4 is 16.5 Å². The minimum Gasteiger partial charge on any atom is -0.422 e. The molecule has 25 heavy (non-hydrogen) atoms. The lowest BCUT2D eigenvalue weighted by atomic mass is 10.2. The van der Waals surface area contributed by atoms with E-state index in [2.05, 4.69) is 15.3 Å². The number of carbonyl (C=O) groups excluding carboxylic acids is 1. The number of H-pyrrole nitrogens is 1. The second-order valence-electron chi connectivity index (χ2n) is 5.33. The van der Waals surface area contributed by atoms with Crippen LogP contribution in [0.3, 0.4) is 0 Å². The SMILES string of the molecule is O=C(NCc1cc2c(=O)[nH]cnc2s1)c1cc2ccccc2oc1=O. The molecule has 0 saturated heterocycles. The summed E-state index contributed by atoms with van der Waals surface area (Å²) in [4.78, 5) is 43.9. The van der Waals surface area contributed by atoms with Crippen molar-refractivity contribution in [1.82, 2.24) is 15.3 Å². The van der Waals surface area contributed by atoms with E-state index in [-0.39, 0.29) is 17.7 Å². The molecule has 3 heterocycles. The van der Waals surface area contributed by atoms with E-state index in [0.29, 0.717) is 21.2 Å². The summed E-state index contributed by atoms with van der Waals surface area (Å²) in [7, 11) is 0. The van der Waals surface area contributed by atoms with E-state index >= 15 is 0 Å². The number of thiophene rings is 1. The molecule has 0 aliphatic heterocycles. The summed E-state index contributed by atoms with van der Waals surface area (Å²) in [6.07, 6.45) is 1.34. The number of aromatic amines is 1. The zero-order valence-electron chi connectivity index (χ0n) is 12.7. The highest BCUT2D eigenvalue weighted by Gasteiger charge is 2.14. The molecule has 4 aromatic rings. The van der Waals surface area contributed by atoms with Gasteiger partial charge in [0.15, 0.2) is 0 Å². The molecule has 0 radical (unpaired) electrons. The summed E-state index contributed by atoms with van der Waals surface area (Å²) < 4.78 is 5.16. The summed E-state index contributed by atoms with van der Waals surface area (Å²) in [5.41, 5.74) is -0.547. The number of amides is 1. The van der Waals surface area contributed by atoms with Gasteiger partial charge in [-0.3, -0.25) is 9.59 Å². The van der Waals surface area contributed by atoms with Crippen molar-refractivity contribution in [3.05, 3.63) is 73.9 Å². The fourth-order valence-corrected chi connectivity index (χ4v) is 3.42. The summed E-state index contributed by atoms with van der Waals surface area (Å²) >= 11 is 1.31. The molecule has 0 aliphatic carbocycles. The highest BCUT2D eigenvalue weighted by atomic mass is 32.1. The highest BCUT2D eigenvalue weighted by molar-refractivity contribution is 7.18. The molecule has 0 spiro atoms. The number of nitrogens with zero attached hydrogens (tertiary/aromatic N) is 1. The second kappa shape index (κ2) is 5.99. The molecule has 1 amide bonds. The Kier molecular flexibility index (Phi) is 3.66. The molecule has 4 rings (SSSR count). The van der Waals surface area contributed by atoms with Crippen molar-refractivity contribution in [2.45, 2.75) is 6.54 Å². The average Bonchev–Trinajstić information content (AvgIpc) is 3.03. The average molecular weight is 353 g/mol. The summed E-state index contributed by atoms with van der Waals surface area (Å²) in [5.74, 6) is -0.529. The molecule has 3 aromatic heterocycles. The van der Waals surface area contributed by atoms with Gasteiger partial charge in [0.05, 0.1) is 18.3 Å². The quantitative estimate of drug-likeness (QED) is 0.548. The van der Waals surface area contributed by atoms with Gasteiger partial charge in [0, 0.05) is 10.3 Å². The highest BCUT2D eigenvalue weighted by Crippen LogP contribution is 2.20. The normalized spacial score (nSPS) is 11.0. The first kappa shape index (κ1) is 15.3. The van der Waals surface area contributed by atoms with Crippen LogP contribution in [0.2, 0.25) is 0 Å². The van der Waals surface area contributed by atoms with Crippen LogP contribution in [0, 0.1) is 0 Å². The lowest BCUT2D eigenvalue weighted by Crippen LogP contribution is -2.27. The molecule has 0 saturated carbocycles. The van der Waals surface area contributed by atoms with Crippen LogP contribution in [0.15, 0.2) is 56.7 Å². The maximum absolute atomic E-state index is 12.3. The van der Waals surface area contributed by atoms with Crippen LogP contribution >= 0.6 is 11.3 Å². The Bertz CT molecular complexity index is 1220. The van der Waals surface area contributed by atoms with Crippen molar-refractivity contribution in [3.8, 4) is 0 Å². The number of hydrogen-bond donors (Lipinski definition) is 2. The van der Waals surface area contributed by atoms with Crippen molar-refractivity contribution in [1.29, 1.82) is 0 Å². The molecular weight excluding hydrogens is 342 g/mol. The second-order valence-corrected chi connectivity index (χ2v) is 6.45. The molecule has 0 bridgehead atoms. The molecule has 0 atom stereocenters. The van der Waals surface area contributed by atoms with Gasteiger partial charge in [-0.2, -0.15) is 0 Å². The first-order valence-corrected chi connectivity index (χ1v) is 8.21. The van der Waals surface area contributed by atoms with Gasteiger partial charge in [-0.05, 0) is 18.2 Å². The van der Waals surface area contributed by atoms with Gasteiger partial charge in [-0.25, -0.2) is 9.78 Å². The van der Waals surface area contributed by atoms with Crippen LogP contribution in [0.5, 0.6) is 0 Å². The van der Waals surface area contributed by atoms with E-state index in [1.165, 1.54) is 23.7 Å². The predicted molar refractivity (Wildman–Crippen MR) is 93.9 cm³/mol. The predicted octanol–water partition coefficient (Wildman–Crippen LogP) is 2.02. The summed E-state index contributed by atoms with van der Waals surface area (Å²) in [5, 5.41) is 3.82. The Morgan fingerprint density at radius 2 is 2.08 bits per heavy atom. The van der Waals surface area contributed by atoms with Gasteiger partial charge < -0.3 is 14.7 Å². The fourth-order valence-electron chi connectivity index (χ4n) is 2.49. The number of carbonyl (C=O) groups is 1. The van der Waals surface area contributed by atoms with Gasteiger partial charge in [0.25, 0.3) is 11.5 Å².